The molecule has 0 aliphatic rings. The van der Waals surface area contributed by atoms with E-state index in [0.29, 0.717) is 6.54 Å². The monoisotopic (exact) mass is 270 g/mol. The molecule has 0 spiro atoms. The molecule has 0 aliphatic heterocycles. The predicted molar refractivity (Wildman–Crippen MR) is 77.9 cm³/mol. The van der Waals surface area contributed by atoms with Crippen LogP contribution in [0.15, 0.2) is 47.8 Å². The molecule has 1 aromatic heterocycles. The van der Waals surface area contributed by atoms with Gasteiger partial charge in [-0.2, -0.15) is 0 Å². The summed E-state index contributed by atoms with van der Waals surface area (Å²) in [6, 6.07) is 8.01. The van der Waals surface area contributed by atoms with E-state index in [9.17, 15) is 0 Å². The Morgan fingerprint density at radius 2 is 2.11 bits per heavy atom. The van der Waals surface area contributed by atoms with E-state index in [4.69, 9.17) is 4.43 Å². The first-order chi connectivity index (χ1) is 9.25. The third-order valence-electron chi connectivity index (χ3n) is 2.36. The summed E-state index contributed by atoms with van der Waals surface area (Å²) in [6.45, 7) is 4.82. The zero-order chi connectivity index (χ0) is 13.5. The molecule has 0 saturated heterocycles. The summed E-state index contributed by atoms with van der Waals surface area (Å²) in [5.74, 6) is 0.928. The van der Waals surface area contributed by atoms with Crippen molar-refractivity contribution in [2.45, 2.75) is 19.6 Å². The second kappa shape index (κ2) is 6.80. The number of benzene rings is 1. The van der Waals surface area contributed by atoms with Gasteiger partial charge in [0.1, 0.15) is 5.75 Å². The molecule has 0 amide bonds. The smallest absolute Gasteiger partial charge is 0.274 e. The van der Waals surface area contributed by atoms with E-state index in [1.165, 1.54) is 0 Å². The molecule has 1 aromatic carbocycles. The number of hydrogen-bond donors (Lipinski definition) is 0. The molecule has 4 nitrogen and oxygen atoms in total. The van der Waals surface area contributed by atoms with Gasteiger partial charge in [-0.25, -0.2) is 0 Å². The van der Waals surface area contributed by atoms with Gasteiger partial charge in [-0.15, -0.1) is 0 Å². The van der Waals surface area contributed by atoms with Crippen molar-refractivity contribution in [3.8, 4) is 5.75 Å². The van der Waals surface area contributed by atoms with Crippen LogP contribution in [0.3, 0.4) is 0 Å². The molecule has 2 rings (SSSR count). The van der Waals surface area contributed by atoms with E-state index in [1.807, 2.05) is 24.3 Å². The first-order valence-electron chi connectivity index (χ1n) is 6.07. The van der Waals surface area contributed by atoms with Crippen LogP contribution in [0.2, 0.25) is 13.1 Å². The van der Waals surface area contributed by atoms with Crippen LogP contribution in [0.1, 0.15) is 11.3 Å². The second-order valence-electron chi connectivity index (χ2n) is 4.22. The van der Waals surface area contributed by atoms with Gasteiger partial charge < -0.3 is 4.43 Å². The average Bonchev–Trinajstić information content (AvgIpc) is 2.41. The van der Waals surface area contributed by atoms with Crippen LogP contribution in [0.4, 0.5) is 0 Å². The van der Waals surface area contributed by atoms with E-state index < -0.39 is 9.04 Å². The molecule has 1 radical (unpaired) electrons. The lowest BCUT2D eigenvalue weighted by Crippen LogP contribution is -2.12. The summed E-state index contributed by atoms with van der Waals surface area (Å²) < 4.78 is 5.85. The first-order valence-corrected chi connectivity index (χ1v) is 8.48. The number of hydrogen-bond acceptors (Lipinski definition) is 4. The molecule has 5 heteroatoms. The lowest BCUT2D eigenvalue weighted by Gasteiger charge is -2.11. The van der Waals surface area contributed by atoms with Gasteiger partial charge >= 0.3 is 0 Å². The molecule has 0 aliphatic carbocycles. The molecule has 0 atom stereocenters. The number of aromatic nitrogens is 2. The van der Waals surface area contributed by atoms with Crippen LogP contribution < -0.4 is 4.43 Å². The molecule has 19 heavy (non-hydrogen) atoms. The Labute approximate surface area is 114 Å². The Hall–Kier alpha value is -2.01. The van der Waals surface area contributed by atoms with Crippen LogP contribution >= 0.6 is 0 Å². The summed E-state index contributed by atoms with van der Waals surface area (Å²) in [4.78, 5) is 12.5. The quantitative estimate of drug-likeness (QED) is 0.620. The molecular weight excluding hydrogens is 254 g/mol. The van der Waals surface area contributed by atoms with Crippen LogP contribution in [0.25, 0.3) is 0 Å². The van der Waals surface area contributed by atoms with Gasteiger partial charge in [0.15, 0.2) is 0 Å². The zero-order valence-electron chi connectivity index (χ0n) is 11.1. The van der Waals surface area contributed by atoms with Crippen LogP contribution in [0.5, 0.6) is 5.75 Å². The normalized spacial score (nSPS) is 11.1. The van der Waals surface area contributed by atoms with Crippen LogP contribution in [-0.2, 0) is 6.54 Å². The van der Waals surface area contributed by atoms with Gasteiger partial charge in [0.05, 0.1) is 18.4 Å². The van der Waals surface area contributed by atoms with E-state index in [2.05, 4.69) is 28.1 Å². The fourth-order valence-electron chi connectivity index (χ4n) is 1.57. The van der Waals surface area contributed by atoms with Crippen molar-refractivity contribution in [3.05, 3.63) is 54.1 Å². The van der Waals surface area contributed by atoms with Gasteiger partial charge in [-0.3, -0.25) is 15.0 Å². The summed E-state index contributed by atoms with van der Waals surface area (Å²) in [7, 11) is -0.759. The van der Waals surface area contributed by atoms with E-state index in [0.717, 1.165) is 17.0 Å². The summed E-state index contributed by atoms with van der Waals surface area (Å²) in [5.41, 5.74) is 1.85. The molecule has 0 fully saturated rings. The van der Waals surface area contributed by atoms with E-state index in [1.54, 1.807) is 24.8 Å². The van der Waals surface area contributed by atoms with Crippen molar-refractivity contribution < 1.29 is 4.43 Å². The molecule has 97 valence electrons. The van der Waals surface area contributed by atoms with Gasteiger partial charge in [0.25, 0.3) is 9.04 Å². The van der Waals surface area contributed by atoms with Crippen LogP contribution in [0, 0.1) is 0 Å². The number of rotatable bonds is 5. The highest BCUT2D eigenvalue weighted by atomic mass is 28.3. The maximum Gasteiger partial charge on any atom is 0.274 e. The minimum atomic E-state index is -0.759. The molecule has 0 unspecified atom stereocenters. The highest BCUT2D eigenvalue weighted by molar-refractivity contribution is 6.49. The Balaban J connectivity index is 2.05. The van der Waals surface area contributed by atoms with E-state index in [-0.39, 0.29) is 0 Å². The van der Waals surface area contributed by atoms with Crippen LogP contribution in [-0.4, -0.2) is 25.2 Å². The molecule has 0 bridgehead atoms. The van der Waals surface area contributed by atoms with Crippen molar-refractivity contribution in [2.24, 2.45) is 4.99 Å². The highest BCUT2D eigenvalue weighted by Gasteiger charge is 2.05. The lowest BCUT2D eigenvalue weighted by molar-refractivity contribution is 0.572. The highest BCUT2D eigenvalue weighted by Crippen LogP contribution is 2.19. The Kier molecular flexibility index (Phi) is 4.80. The SMILES string of the molecule is C[Si](C)Oc1ccccc1CN=Cc1cnccn1. The Morgan fingerprint density at radius 1 is 1.26 bits per heavy atom. The lowest BCUT2D eigenvalue weighted by atomic mass is 10.2. The van der Waals surface area contributed by atoms with Crippen molar-refractivity contribution >= 4 is 15.3 Å². The first kappa shape index (κ1) is 13.4. The molecule has 0 N–H and O–H groups in total. The minimum Gasteiger partial charge on any atom is -0.542 e. The van der Waals surface area contributed by atoms with Gasteiger partial charge in [0.2, 0.25) is 0 Å². The number of aliphatic imine (C=N–C) groups is 1. The fraction of sp³-hybridized carbons (Fsp3) is 0.214. The summed E-state index contributed by atoms with van der Waals surface area (Å²) in [6.07, 6.45) is 6.71. The molecule has 0 saturated carbocycles. The number of para-hydroxylation sites is 1. The largest absolute Gasteiger partial charge is 0.542 e. The average molecular weight is 270 g/mol. The van der Waals surface area contributed by atoms with Gasteiger partial charge in [-0.05, 0) is 19.2 Å². The molecule has 2 aromatic rings. The fourth-order valence-corrected chi connectivity index (χ4v) is 2.21. The third kappa shape index (κ3) is 4.29. The summed E-state index contributed by atoms with van der Waals surface area (Å²) >= 11 is 0. The van der Waals surface area contributed by atoms with Crippen molar-refractivity contribution in [1.82, 2.24) is 9.97 Å². The Bertz CT molecular complexity index is 543. The topological polar surface area (TPSA) is 47.4 Å². The second-order valence-corrected chi connectivity index (χ2v) is 6.24. The molecular formula is C14H16N3OSi. The van der Waals surface area contributed by atoms with Gasteiger partial charge in [0, 0.05) is 24.2 Å². The van der Waals surface area contributed by atoms with Crippen molar-refractivity contribution in [3.63, 3.8) is 0 Å². The van der Waals surface area contributed by atoms with Crippen molar-refractivity contribution in [2.75, 3.05) is 0 Å². The maximum atomic E-state index is 5.85. The predicted octanol–water partition coefficient (Wildman–Crippen LogP) is 2.73. The van der Waals surface area contributed by atoms with Gasteiger partial charge in [-0.1, -0.05) is 18.2 Å². The minimum absolute atomic E-state index is 0.585. The number of nitrogens with zero attached hydrogens (tertiary/aromatic N) is 3. The third-order valence-corrected chi connectivity index (χ3v) is 2.98. The Morgan fingerprint density at radius 3 is 2.84 bits per heavy atom. The van der Waals surface area contributed by atoms with Crippen molar-refractivity contribution in [1.29, 1.82) is 0 Å². The standard InChI is InChI=1S/C14H16N3OSi/c1-19(2)18-14-6-4-3-5-12(14)9-16-11-13-10-15-7-8-17-13/h3-8,10-11H,9H2,1-2H3. The summed E-state index contributed by atoms with van der Waals surface area (Å²) in [5, 5.41) is 0. The van der Waals surface area contributed by atoms with E-state index >= 15 is 0 Å². The maximum absolute atomic E-state index is 5.85. The zero-order valence-corrected chi connectivity index (χ0v) is 12.1. The molecule has 1 heterocycles.